The zero-order valence-corrected chi connectivity index (χ0v) is 12.1. The van der Waals surface area contributed by atoms with Crippen molar-refractivity contribution >= 4 is 16.2 Å². The summed E-state index contributed by atoms with van der Waals surface area (Å²) in [5, 5.41) is 25.4. The molecular formula is C10H22O5Si. The number of carboxylic acid groups (broad SMARTS) is 1. The third-order valence-electron chi connectivity index (χ3n) is 1.68. The van der Waals surface area contributed by atoms with E-state index in [1.807, 2.05) is 6.92 Å². The number of rotatable bonds is 6. The molecular weight excluding hydrogens is 228 g/mol. The van der Waals surface area contributed by atoms with Gasteiger partial charge in [0.15, 0.2) is 0 Å². The Hall–Kier alpha value is -0.693. The molecule has 5 nitrogen and oxygen atoms in total. The minimum atomic E-state index is -0.935. The normalized spacial score (nSPS) is 13.5. The summed E-state index contributed by atoms with van der Waals surface area (Å²) in [5.74, 6) is -0.935. The predicted octanol–water partition coefficient (Wildman–Crippen LogP) is -0.895. The Morgan fingerprint density at radius 2 is 2.00 bits per heavy atom. The number of carbonyl (C=O) groups is 1. The molecule has 0 aliphatic carbocycles. The highest BCUT2D eigenvalue weighted by Gasteiger charge is 2.11. The fourth-order valence-corrected chi connectivity index (χ4v) is 1.01. The summed E-state index contributed by atoms with van der Waals surface area (Å²) in [6, 6.07) is 0. The number of aliphatic hydroxyl groups excluding tert-OH is 2. The van der Waals surface area contributed by atoms with Crippen LogP contribution >= 0.6 is 0 Å². The summed E-state index contributed by atoms with van der Waals surface area (Å²) in [6.45, 7) is 7.09. The number of carboxylic acids is 1. The predicted molar refractivity (Wildman–Crippen MR) is 65.5 cm³/mol. The molecule has 0 amide bonds. The van der Waals surface area contributed by atoms with Crippen LogP contribution in [0.1, 0.15) is 20.3 Å². The average molecular weight is 250 g/mol. The molecule has 3 N–H and O–H groups in total. The van der Waals surface area contributed by atoms with E-state index in [1.165, 1.54) is 6.92 Å². The highest BCUT2D eigenvalue weighted by Crippen LogP contribution is 1.94. The fourth-order valence-electron chi connectivity index (χ4n) is 0.563. The van der Waals surface area contributed by atoms with E-state index in [-0.39, 0.29) is 17.9 Å². The molecule has 0 saturated heterocycles. The van der Waals surface area contributed by atoms with Crippen LogP contribution in [-0.2, 0) is 9.53 Å². The molecule has 2 unspecified atom stereocenters. The van der Waals surface area contributed by atoms with E-state index < -0.39 is 12.1 Å². The first-order chi connectivity index (χ1) is 7.36. The number of aliphatic carboxylic acids is 1. The van der Waals surface area contributed by atoms with Gasteiger partial charge in [-0.05, 0) is 13.3 Å². The van der Waals surface area contributed by atoms with E-state index in [0.29, 0.717) is 6.61 Å². The van der Waals surface area contributed by atoms with Crippen LogP contribution in [0, 0.1) is 0 Å². The zero-order chi connectivity index (χ0) is 13.1. The van der Waals surface area contributed by atoms with Crippen LogP contribution in [-0.4, -0.2) is 56.6 Å². The topological polar surface area (TPSA) is 87.0 Å². The summed E-state index contributed by atoms with van der Waals surface area (Å²) < 4.78 is 5.20. The van der Waals surface area contributed by atoms with Crippen LogP contribution in [0.2, 0.25) is 0 Å². The average Bonchev–Trinajstić information content (AvgIpc) is 2.25. The Bertz CT molecular complexity index is 195. The van der Waals surface area contributed by atoms with E-state index in [0.717, 1.165) is 16.7 Å². The first-order valence-electron chi connectivity index (χ1n) is 5.16. The van der Waals surface area contributed by atoms with Crippen molar-refractivity contribution in [2.24, 2.45) is 0 Å². The van der Waals surface area contributed by atoms with Crippen molar-refractivity contribution in [1.82, 2.24) is 0 Å². The highest BCUT2D eigenvalue weighted by atomic mass is 28.1. The zero-order valence-electron chi connectivity index (χ0n) is 10.1. The molecule has 0 fully saturated rings. The van der Waals surface area contributed by atoms with Crippen molar-refractivity contribution in [1.29, 1.82) is 0 Å². The number of ether oxygens (including phenoxy) is 1. The second-order valence-electron chi connectivity index (χ2n) is 3.41. The van der Waals surface area contributed by atoms with Crippen LogP contribution in [0.3, 0.4) is 0 Å². The summed E-state index contributed by atoms with van der Waals surface area (Å²) in [6.07, 6.45) is 0.273. The number of hydrogen-bond acceptors (Lipinski definition) is 4. The SMILES string of the molecule is C=C(C)C(=O)O.CCCOC([SiH3])C(O)CO. The Kier molecular flexibility index (Phi) is 12.0. The van der Waals surface area contributed by atoms with Crippen LogP contribution in [0.15, 0.2) is 12.2 Å². The van der Waals surface area contributed by atoms with Crippen molar-refractivity contribution in [3.05, 3.63) is 12.2 Å². The molecule has 0 aliphatic heterocycles. The maximum atomic E-state index is 9.60. The highest BCUT2D eigenvalue weighted by molar-refractivity contribution is 6.11. The maximum Gasteiger partial charge on any atom is 0.330 e. The molecule has 0 saturated carbocycles. The molecule has 0 rings (SSSR count). The fraction of sp³-hybridized carbons (Fsp3) is 0.700. The van der Waals surface area contributed by atoms with Gasteiger partial charge in [-0.3, -0.25) is 0 Å². The quantitative estimate of drug-likeness (QED) is 0.420. The van der Waals surface area contributed by atoms with Crippen molar-refractivity contribution in [3.63, 3.8) is 0 Å². The van der Waals surface area contributed by atoms with E-state index in [1.54, 1.807) is 0 Å². The van der Waals surface area contributed by atoms with Gasteiger partial charge in [0.2, 0.25) is 0 Å². The van der Waals surface area contributed by atoms with Gasteiger partial charge in [-0.2, -0.15) is 0 Å². The Morgan fingerprint density at radius 1 is 1.56 bits per heavy atom. The molecule has 6 heteroatoms. The van der Waals surface area contributed by atoms with Crippen LogP contribution in [0.5, 0.6) is 0 Å². The van der Waals surface area contributed by atoms with Gasteiger partial charge in [0, 0.05) is 22.4 Å². The van der Waals surface area contributed by atoms with E-state index in [9.17, 15) is 4.79 Å². The van der Waals surface area contributed by atoms with Crippen LogP contribution in [0.25, 0.3) is 0 Å². The van der Waals surface area contributed by atoms with Crippen molar-refractivity contribution < 1.29 is 24.9 Å². The smallest absolute Gasteiger partial charge is 0.330 e. The largest absolute Gasteiger partial charge is 0.478 e. The van der Waals surface area contributed by atoms with Crippen LogP contribution < -0.4 is 0 Å². The lowest BCUT2D eigenvalue weighted by Crippen LogP contribution is -2.32. The molecule has 0 heterocycles. The molecule has 0 aromatic heterocycles. The molecule has 0 aromatic rings. The number of hydrogen-bond donors (Lipinski definition) is 3. The lowest BCUT2D eigenvalue weighted by atomic mass is 10.4. The summed E-state index contributed by atoms with van der Waals surface area (Å²) in [7, 11) is 0.765. The standard InChI is InChI=1S/C6H16O3Si.C4H6O2/c1-2-3-9-6(10)5(8)4-7;1-3(2)4(5)6/h5-8H,2-4H2,1,10H3;1H2,2H3,(H,5,6). The second kappa shape index (κ2) is 10.8. The molecule has 2 atom stereocenters. The Morgan fingerprint density at radius 3 is 2.25 bits per heavy atom. The van der Waals surface area contributed by atoms with Crippen molar-refractivity contribution in [2.45, 2.75) is 32.1 Å². The van der Waals surface area contributed by atoms with Gasteiger partial charge in [0.1, 0.15) is 0 Å². The minimum Gasteiger partial charge on any atom is -0.478 e. The lowest BCUT2D eigenvalue weighted by Gasteiger charge is -2.16. The molecule has 0 aliphatic rings. The molecule has 0 bridgehead atoms. The van der Waals surface area contributed by atoms with Gasteiger partial charge in [-0.1, -0.05) is 13.5 Å². The first kappa shape index (κ1) is 17.7. The Balaban J connectivity index is 0. The van der Waals surface area contributed by atoms with Gasteiger partial charge in [-0.15, -0.1) is 0 Å². The molecule has 0 aromatic carbocycles. The summed E-state index contributed by atoms with van der Waals surface area (Å²) >= 11 is 0. The lowest BCUT2D eigenvalue weighted by molar-refractivity contribution is -0.132. The maximum absolute atomic E-state index is 9.60. The third kappa shape index (κ3) is 11.4. The minimum absolute atomic E-state index is 0.120. The van der Waals surface area contributed by atoms with E-state index >= 15 is 0 Å². The van der Waals surface area contributed by atoms with E-state index in [2.05, 4.69) is 6.58 Å². The second-order valence-corrected chi connectivity index (χ2v) is 4.55. The molecule has 0 spiro atoms. The molecule has 0 radical (unpaired) electrons. The first-order valence-corrected chi connectivity index (χ1v) is 6.31. The third-order valence-corrected chi connectivity index (χ3v) is 2.78. The van der Waals surface area contributed by atoms with Gasteiger partial charge in [0.25, 0.3) is 0 Å². The summed E-state index contributed by atoms with van der Waals surface area (Å²) in [4.78, 5) is 9.60. The molecule has 96 valence electrons. The van der Waals surface area contributed by atoms with Crippen molar-refractivity contribution in [2.75, 3.05) is 13.2 Å². The Labute approximate surface area is 99.2 Å². The van der Waals surface area contributed by atoms with Crippen molar-refractivity contribution in [3.8, 4) is 0 Å². The monoisotopic (exact) mass is 250 g/mol. The number of aliphatic hydroxyl groups is 2. The van der Waals surface area contributed by atoms with Gasteiger partial charge >= 0.3 is 5.97 Å². The van der Waals surface area contributed by atoms with Gasteiger partial charge in [-0.25, -0.2) is 4.79 Å². The molecule has 16 heavy (non-hydrogen) atoms. The van der Waals surface area contributed by atoms with Gasteiger partial charge < -0.3 is 20.1 Å². The van der Waals surface area contributed by atoms with E-state index in [4.69, 9.17) is 20.1 Å². The van der Waals surface area contributed by atoms with Gasteiger partial charge in [0.05, 0.1) is 18.4 Å². The van der Waals surface area contributed by atoms with Crippen LogP contribution in [0.4, 0.5) is 0 Å². The summed E-state index contributed by atoms with van der Waals surface area (Å²) in [5.41, 5.74) is 0.0555.